The number of ether oxygens (including phenoxy) is 1. The van der Waals surface area contributed by atoms with Crippen LogP contribution >= 0.6 is 23.2 Å². The second-order valence-electron chi connectivity index (χ2n) is 6.81. The van der Waals surface area contributed by atoms with Gasteiger partial charge in [0.1, 0.15) is 12.4 Å². The van der Waals surface area contributed by atoms with Gasteiger partial charge in [-0.05, 0) is 71.6 Å². The Hall–Kier alpha value is -3.35. The van der Waals surface area contributed by atoms with Crippen LogP contribution in [0.2, 0.25) is 10.0 Å². The lowest BCUT2D eigenvalue weighted by atomic mass is 10.1. The standard InChI is InChI=1S/C24H21Cl2N3O3/c1-2-16-3-8-19(9-4-16)28-23(30)24(31)29-27-14-17-5-10-20(11-6-17)32-15-18-7-12-21(25)22(26)13-18/h3-14H,2,15H2,1H3,(H,28,30)(H,29,31)/b27-14-. The van der Waals surface area contributed by atoms with E-state index < -0.39 is 11.8 Å². The van der Waals surface area contributed by atoms with Gasteiger partial charge in [-0.2, -0.15) is 5.10 Å². The van der Waals surface area contributed by atoms with Gasteiger partial charge in [0, 0.05) is 5.69 Å². The van der Waals surface area contributed by atoms with Gasteiger partial charge in [0.15, 0.2) is 0 Å². The van der Waals surface area contributed by atoms with Gasteiger partial charge in [-0.15, -0.1) is 0 Å². The van der Waals surface area contributed by atoms with Crippen LogP contribution in [0.1, 0.15) is 23.6 Å². The van der Waals surface area contributed by atoms with Crippen LogP contribution in [0.5, 0.6) is 5.75 Å². The first-order chi connectivity index (χ1) is 15.4. The molecule has 6 nitrogen and oxygen atoms in total. The second-order valence-corrected chi connectivity index (χ2v) is 7.62. The number of carbonyl (C=O) groups excluding carboxylic acids is 2. The highest BCUT2D eigenvalue weighted by atomic mass is 35.5. The molecule has 0 aliphatic heterocycles. The van der Waals surface area contributed by atoms with Crippen molar-refractivity contribution in [1.29, 1.82) is 0 Å². The zero-order valence-electron chi connectivity index (χ0n) is 17.3. The maximum Gasteiger partial charge on any atom is 0.329 e. The van der Waals surface area contributed by atoms with E-state index in [0.717, 1.165) is 23.1 Å². The number of benzene rings is 3. The van der Waals surface area contributed by atoms with E-state index in [1.807, 2.05) is 25.1 Å². The summed E-state index contributed by atoms with van der Waals surface area (Å²) in [4.78, 5) is 23.9. The van der Waals surface area contributed by atoms with E-state index in [2.05, 4.69) is 15.8 Å². The molecule has 164 valence electrons. The number of amides is 2. The van der Waals surface area contributed by atoms with Crippen molar-refractivity contribution in [3.8, 4) is 5.75 Å². The zero-order valence-corrected chi connectivity index (χ0v) is 18.8. The summed E-state index contributed by atoms with van der Waals surface area (Å²) in [6.45, 7) is 2.38. The van der Waals surface area contributed by atoms with Crippen molar-refractivity contribution in [2.45, 2.75) is 20.0 Å². The maximum absolute atomic E-state index is 12.0. The van der Waals surface area contributed by atoms with Gasteiger partial charge in [-0.25, -0.2) is 5.43 Å². The number of hydrogen-bond acceptors (Lipinski definition) is 4. The van der Waals surface area contributed by atoms with E-state index in [9.17, 15) is 9.59 Å². The number of nitrogens with one attached hydrogen (secondary N) is 2. The van der Waals surface area contributed by atoms with E-state index in [1.165, 1.54) is 6.21 Å². The third-order valence-electron chi connectivity index (χ3n) is 4.48. The number of rotatable bonds is 7. The Bertz CT molecular complexity index is 1110. The van der Waals surface area contributed by atoms with E-state index in [-0.39, 0.29) is 0 Å². The number of hydrazone groups is 1. The lowest BCUT2D eigenvalue weighted by molar-refractivity contribution is -0.136. The third kappa shape index (κ3) is 6.83. The third-order valence-corrected chi connectivity index (χ3v) is 5.21. The number of carbonyl (C=O) groups is 2. The molecule has 0 atom stereocenters. The Morgan fingerprint density at radius 3 is 2.25 bits per heavy atom. The lowest BCUT2D eigenvalue weighted by Gasteiger charge is -2.07. The fraction of sp³-hybridized carbons (Fsp3) is 0.125. The molecule has 0 bridgehead atoms. The molecule has 0 unspecified atom stereocenters. The Labute approximate surface area is 196 Å². The van der Waals surface area contributed by atoms with Gasteiger partial charge in [-0.3, -0.25) is 9.59 Å². The van der Waals surface area contributed by atoms with Crippen molar-refractivity contribution in [2.75, 3.05) is 5.32 Å². The highest BCUT2D eigenvalue weighted by molar-refractivity contribution is 6.42. The molecule has 32 heavy (non-hydrogen) atoms. The molecule has 0 heterocycles. The quantitative estimate of drug-likeness (QED) is 0.282. The summed E-state index contributed by atoms with van der Waals surface area (Å²) in [6, 6.07) is 19.7. The Morgan fingerprint density at radius 1 is 0.906 bits per heavy atom. The van der Waals surface area contributed by atoms with Gasteiger partial charge >= 0.3 is 11.8 Å². The topological polar surface area (TPSA) is 79.8 Å². The SMILES string of the molecule is CCc1ccc(NC(=O)C(=O)N/N=C\c2ccc(OCc3ccc(Cl)c(Cl)c3)cc2)cc1. The van der Waals surface area contributed by atoms with Crippen molar-refractivity contribution < 1.29 is 14.3 Å². The first-order valence-electron chi connectivity index (χ1n) is 9.84. The molecular formula is C24H21Cl2N3O3. The van der Waals surface area contributed by atoms with E-state index >= 15 is 0 Å². The van der Waals surface area contributed by atoms with Crippen molar-refractivity contribution in [1.82, 2.24) is 5.43 Å². The van der Waals surface area contributed by atoms with Crippen LogP contribution in [-0.2, 0) is 22.6 Å². The minimum Gasteiger partial charge on any atom is -0.489 e. The van der Waals surface area contributed by atoms with E-state index in [1.54, 1.807) is 48.5 Å². The van der Waals surface area contributed by atoms with E-state index in [0.29, 0.717) is 28.1 Å². The zero-order chi connectivity index (χ0) is 22.9. The Balaban J connectivity index is 1.46. The molecule has 0 saturated heterocycles. The molecular weight excluding hydrogens is 449 g/mol. The average molecular weight is 470 g/mol. The highest BCUT2D eigenvalue weighted by Gasteiger charge is 2.12. The molecule has 0 aliphatic rings. The molecule has 0 saturated carbocycles. The first-order valence-corrected chi connectivity index (χ1v) is 10.6. The molecule has 3 rings (SSSR count). The largest absolute Gasteiger partial charge is 0.489 e. The molecule has 2 amide bonds. The number of halogens is 2. The van der Waals surface area contributed by atoms with Crippen LogP contribution in [0.15, 0.2) is 71.8 Å². The predicted octanol–water partition coefficient (Wildman–Crippen LogP) is 5.22. The van der Waals surface area contributed by atoms with Crippen molar-refractivity contribution in [3.05, 3.63) is 93.5 Å². The first kappa shape index (κ1) is 23.3. The summed E-state index contributed by atoms with van der Waals surface area (Å²) in [5.74, 6) is -0.995. The van der Waals surface area contributed by atoms with Crippen LogP contribution in [-0.4, -0.2) is 18.0 Å². The van der Waals surface area contributed by atoms with Crippen molar-refractivity contribution in [3.63, 3.8) is 0 Å². The molecule has 0 aliphatic carbocycles. The predicted molar refractivity (Wildman–Crippen MR) is 127 cm³/mol. The normalized spacial score (nSPS) is 10.7. The van der Waals surface area contributed by atoms with Gasteiger partial charge in [0.05, 0.1) is 16.3 Å². The monoisotopic (exact) mass is 469 g/mol. The second kappa shape index (κ2) is 11.3. The molecule has 2 N–H and O–H groups in total. The fourth-order valence-electron chi connectivity index (χ4n) is 2.67. The average Bonchev–Trinajstić information content (AvgIpc) is 2.81. The lowest BCUT2D eigenvalue weighted by Crippen LogP contribution is -2.32. The van der Waals surface area contributed by atoms with Crippen molar-refractivity contribution in [2.24, 2.45) is 5.10 Å². The summed E-state index contributed by atoms with van der Waals surface area (Å²) in [5.41, 5.74) is 5.51. The van der Waals surface area contributed by atoms with Gasteiger partial charge in [0.25, 0.3) is 0 Å². The molecule has 0 aromatic heterocycles. The minimum atomic E-state index is -0.859. The highest BCUT2D eigenvalue weighted by Crippen LogP contribution is 2.23. The smallest absolute Gasteiger partial charge is 0.329 e. The number of aryl methyl sites for hydroxylation is 1. The summed E-state index contributed by atoms with van der Waals surface area (Å²) in [5, 5.41) is 7.32. The molecule has 0 fully saturated rings. The van der Waals surface area contributed by atoms with Crippen LogP contribution in [0.3, 0.4) is 0 Å². The number of anilines is 1. The number of nitrogens with zero attached hydrogens (tertiary/aromatic N) is 1. The molecule has 0 spiro atoms. The van der Waals surface area contributed by atoms with Gasteiger partial charge in [0.2, 0.25) is 0 Å². The molecule has 3 aromatic carbocycles. The number of hydrogen-bond donors (Lipinski definition) is 2. The van der Waals surface area contributed by atoms with Crippen molar-refractivity contribution >= 4 is 46.9 Å². The van der Waals surface area contributed by atoms with Gasteiger partial charge in [-0.1, -0.05) is 48.3 Å². The fourth-order valence-corrected chi connectivity index (χ4v) is 2.99. The summed E-state index contributed by atoms with van der Waals surface area (Å²) in [7, 11) is 0. The van der Waals surface area contributed by atoms with E-state index in [4.69, 9.17) is 27.9 Å². The summed E-state index contributed by atoms with van der Waals surface area (Å²) >= 11 is 11.9. The summed E-state index contributed by atoms with van der Waals surface area (Å²) in [6.07, 6.45) is 2.33. The Morgan fingerprint density at radius 2 is 1.59 bits per heavy atom. The molecule has 8 heteroatoms. The van der Waals surface area contributed by atoms with Crippen LogP contribution in [0.4, 0.5) is 5.69 Å². The molecule has 3 aromatic rings. The Kier molecular flexibility index (Phi) is 8.25. The maximum atomic E-state index is 12.0. The van der Waals surface area contributed by atoms with Gasteiger partial charge < -0.3 is 10.1 Å². The van der Waals surface area contributed by atoms with Crippen LogP contribution < -0.4 is 15.5 Å². The molecule has 0 radical (unpaired) electrons. The minimum absolute atomic E-state index is 0.344. The summed E-state index contributed by atoms with van der Waals surface area (Å²) < 4.78 is 5.72. The van der Waals surface area contributed by atoms with Crippen LogP contribution in [0, 0.1) is 0 Å². The van der Waals surface area contributed by atoms with Crippen LogP contribution in [0.25, 0.3) is 0 Å².